The molecule has 0 amide bonds. The van der Waals surface area contributed by atoms with Gasteiger partial charge in [-0.05, 0) is 19.1 Å². The van der Waals surface area contributed by atoms with Crippen molar-refractivity contribution in [1.29, 1.82) is 0 Å². The highest BCUT2D eigenvalue weighted by molar-refractivity contribution is 7.58. The van der Waals surface area contributed by atoms with Crippen molar-refractivity contribution in [3.8, 4) is 5.75 Å². The van der Waals surface area contributed by atoms with Crippen LogP contribution in [0.2, 0.25) is 0 Å². The van der Waals surface area contributed by atoms with Crippen molar-refractivity contribution in [2.75, 3.05) is 6.61 Å². The third kappa shape index (κ3) is 4.46. The van der Waals surface area contributed by atoms with E-state index < -0.39 is 26.0 Å². The number of carbonyl (C=O) groups excluding carboxylic acids is 1. The molecular formula is C13H20NO4P. The fourth-order valence-electron chi connectivity index (χ4n) is 1.40. The van der Waals surface area contributed by atoms with Gasteiger partial charge in [0.15, 0.2) is 5.78 Å². The van der Waals surface area contributed by atoms with Crippen LogP contribution in [0.5, 0.6) is 5.75 Å². The summed E-state index contributed by atoms with van der Waals surface area (Å²) in [5, 5.41) is 11.5. The molecule has 0 fully saturated rings. The standard InChI is InChI=1S/C13H20NO4P/c1-10(2)19(17,14-11(3)13(16)9-15)18-12-7-5-4-6-8-12/h4-8,10-11,15H,9H2,1-3H3,(H,14,17)/t11-,19?/m0/s1. The number of rotatable bonds is 7. The van der Waals surface area contributed by atoms with Crippen molar-refractivity contribution >= 4 is 13.3 Å². The molecular weight excluding hydrogens is 265 g/mol. The van der Waals surface area contributed by atoms with Crippen molar-refractivity contribution in [1.82, 2.24) is 5.09 Å². The summed E-state index contributed by atoms with van der Waals surface area (Å²) in [6, 6.07) is 8.08. The first-order valence-electron chi connectivity index (χ1n) is 6.15. The van der Waals surface area contributed by atoms with Crippen molar-refractivity contribution in [2.45, 2.75) is 32.5 Å². The fourth-order valence-corrected chi connectivity index (χ4v) is 3.08. The van der Waals surface area contributed by atoms with E-state index >= 15 is 0 Å². The predicted octanol–water partition coefficient (Wildman–Crippen LogP) is 2.21. The van der Waals surface area contributed by atoms with Gasteiger partial charge in [-0.3, -0.25) is 9.36 Å². The molecule has 0 aliphatic carbocycles. The first kappa shape index (κ1) is 15.9. The summed E-state index contributed by atoms with van der Waals surface area (Å²) < 4.78 is 18.3. The van der Waals surface area contributed by atoms with Gasteiger partial charge in [0.1, 0.15) is 12.4 Å². The van der Waals surface area contributed by atoms with Gasteiger partial charge in [0.25, 0.3) is 0 Å². The fraction of sp³-hybridized carbons (Fsp3) is 0.462. The lowest BCUT2D eigenvalue weighted by Crippen LogP contribution is -2.36. The summed E-state index contributed by atoms with van der Waals surface area (Å²) in [7, 11) is -3.22. The molecule has 1 unspecified atom stereocenters. The van der Waals surface area contributed by atoms with Gasteiger partial charge in [0.2, 0.25) is 0 Å². The number of hydrogen-bond acceptors (Lipinski definition) is 4. The SMILES string of the molecule is CC(C)P(=O)(N[C@@H](C)C(=O)CO)Oc1ccccc1. The Bertz CT molecular complexity index is 461. The summed E-state index contributed by atoms with van der Waals surface area (Å²) in [6.07, 6.45) is 0. The number of ketones is 1. The Kier molecular flexibility index (Phi) is 5.73. The van der Waals surface area contributed by atoms with Crippen LogP contribution in [0.25, 0.3) is 0 Å². The van der Waals surface area contributed by atoms with Crippen LogP contribution in [-0.4, -0.2) is 29.2 Å². The van der Waals surface area contributed by atoms with E-state index in [1.54, 1.807) is 45.0 Å². The largest absolute Gasteiger partial charge is 0.432 e. The van der Waals surface area contributed by atoms with E-state index in [0.717, 1.165) is 0 Å². The highest BCUT2D eigenvalue weighted by Crippen LogP contribution is 2.48. The molecule has 5 nitrogen and oxygen atoms in total. The molecule has 0 spiro atoms. The molecule has 0 heterocycles. The van der Waals surface area contributed by atoms with Gasteiger partial charge in [-0.2, -0.15) is 0 Å². The Morgan fingerprint density at radius 2 is 1.89 bits per heavy atom. The van der Waals surface area contributed by atoms with Crippen LogP contribution >= 0.6 is 7.52 Å². The maximum absolute atomic E-state index is 12.7. The van der Waals surface area contributed by atoms with Crippen molar-refractivity contribution in [3.63, 3.8) is 0 Å². The minimum Gasteiger partial charge on any atom is -0.432 e. The van der Waals surface area contributed by atoms with E-state index in [4.69, 9.17) is 9.63 Å². The molecule has 1 aromatic carbocycles. The molecule has 19 heavy (non-hydrogen) atoms. The second kappa shape index (κ2) is 6.85. The minimum atomic E-state index is -3.22. The van der Waals surface area contributed by atoms with Gasteiger partial charge < -0.3 is 9.63 Å². The van der Waals surface area contributed by atoms with Crippen molar-refractivity contribution in [3.05, 3.63) is 30.3 Å². The number of Topliss-reactive ketones (excluding diaryl/α,β-unsaturated/α-hetero) is 1. The quantitative estimate of drug-likeness (QED) is 0.751. The van der Waals surface area contributed by atoms with E-state index in [0.29, 0.717) is 5.75 Å². The van der Waals surface area contributed by atoms with Crippen LogP contribution in [0.4, 0.5) is 0 Å². The van der Waals surface area contributed by atoms with E-state index in [1.807, 2.05) is 6.07 Å². The van der Waals surface area contributed by atoms with Crippen LogP contribution in [0.3, 0.4) is 0 Å². The van der Waals surface area contributed by atoms with E-state index in [9.17, 15) is 9.36 Å². The van der Waals surface area contributed by atoms with E-state index in [2.05, 4.69) is 5.09 Å². The van der Waals surface area contributed by atoms with E-state index in [1.165, 1.54) is 0 Å². The Morgan fingerprint density at radius 1 is 1.32 bits per heavy atom. The molecule has 106 valence electrons. The Hall–Kier alpha value is -1.16. The van der Waals surface area contributed by atoms with Gasteiger partial charge in [-0.15, -0.1) is 0 Å². The second-order valence-electron chi connectivity index (χ2n) is 4.57. The van der Waals surface area contributed by atoms with Gasteiger partial charge in [-0.25, -0.2) is 5.09 Å². The van der Waals surface area contributed by atoms with Gasteiger partial charge in [0, 0.05) is 0 Å². The van der Waals surface area contributed by atoms with Crippen molar-refractivity contribution < 1.29 is 19.0 Å². The maximum Gasteiger partial charge on any atom is 0.319 e. The second-order valence-corrected chi connectivity index (χ2v) is 7.24. The molecule has 0 bridgehead atoms. The molecule has 2 atom stereocenters. The topological polar surface area (TPSA) is 75.6 Å². The number of carbonyl (C=O) groups is 1. The number of benzene rings is 1. The zero-order valence-corrected chi connectivity index (χ0v) is 12.3. The highest BCUT2D eigenvalue weighted by atomic mass is 31.2. The molecule has 0 aliphatic heterocycles. The Labute approximate surface area is 113 Å². The number of para-hydroxylation sites is 1. The molecule has 0 aliphatic rings. The molecule has 6 heteroatoms. The minimum absolute atomic E-state index is 0.290. The number of hydrogen-bond donors (Lipinski definition) is 2. The van der Waals surface area contributed by atoms with Gasteiger partial charge >= 0.3 is 7.52 Å². The first-order chi connectivity index (χ1) is 8.89. The maximum atomic E-state index is 12.7. The summed E-state index contributed by atoms with van der Waals surface area (Å²) in [5.74, 6) is 0.0632. The molecule has 1 rings (SSSR count). The number of aliphatic hydroxyl groups excluding tert-OH is 1. The zero-order chi connectivity index (χ0) is 14.5. The summed E-state index contributed by atoms with van der Waals surface area (Å²) >= 11 is 0. The molecule has 0 aromatic heterocycles. The van der Waals surface area contributed by atoms with Crippen LogP contribution in [0.15, 0.2) is 30.3 Å². The van der Waals surface area contributed by atoms with E-state index in [-0.39, 0.29) is 5.66 Å². The molecule has 2 N–H and O–H groups in total. The lowest BCUT2D eigenvalue weighted by molar-refractivity contribution is -0.123. The lowest BCUT2D eigenvalue weighted by atomic mass is 10.2. The normalized spacial score (nSPS) is 15.8. The van der Waals surface area contributed by atoms with Crippen molar-refractivity contribution in [2.24, 2.45) is 0 Å². The molecule has 0 saturated heterocycles. The highest BCUT2D eigenvalue weighted by Gasteiger charge is 2.32. The van der Waals surface area contributed by atoms with Crippen LogP contribution in [-0.2, 0) is 9.36 Å². The van der Waals surface area contributed by atoms with Crippen LogP contribution in [0, 0.1) is 0 Å². The molecule has 0 saturated carbocycles. The van der Waals surface area contributed by atoms with Gasteiger partial charge in [-0.1, -0.05) is 32.0 Å². The molecule has 1 aromatic rings. The summed E-state index contributed by atoms with van der Waals surface area (Å²) in [6.45, 7) is 4.49. The molecule has 0 radical (unpaired) electrons. The van der Waals surface area contributed by atoms with Crippen LogP contribution < -0.4 is 9.61 Å². The van der Waals surface area contributed by atoms with Gasteiger partial charge in [0.05, 0.1) is 11.7 Å². The smallest absolute Gasteiger partial charge is 0.319 e. The number of aliphatic hydroxyl groups is 1. The lowest BCUT2D eigenvalue weighted by Gasteiger charge is -2.26. The summed E-state index contributed by atoms with van der Waals surface area (Å²) in [5.41, 5.74) is -0.290. The number of nitrogens with one attached hydrogen (secondary N) is 1. The summed E-state index contributed by atoms with van der Waals surface area (Å²) in [4.78, 5) is 11.4. The third-order valence-corrected chi connectivity index (χ3v) is 5.27. The zero-order valence-electron chi connectivity index (χ0n) is 11.4. The monoisotopic (exact) mass is 285 g/mol. The average Bonchev–Trinajstić information content (AvgIpc) is 2.38. The van der Waals surface area contributed by atoms with Crippen LogP contribution in [0.1, 0.15) is 20.8 Å². The predicted molar refractivity (Wildman–Crippen MR) is 74.5 cm³/mol. The first-order valence-corrected chi connectivity index (χ1v) is 7.84. The average molecular weight is 285 g/mol. The third-order valence-electron chi connectivity index (χ3n) is 2.68. The Balaban J connectivity index is 2.86. The Morgan fingerprint density at radius 3 is 2.37 bits per heavy atom.